The van der Waals surface area contributed by atoms with Crippen molar-refractivity contribution in [1.29, 1.82) is 0 Å². The molecule has 0 radical (unpaired) electrons. The Morgan fingerprint density at radius 2 is 2.00 bits per heavy atom. The zero-order chi connectivity index (χ0) is 18.8. The number of likely N-dealkylation sites (tertiary alicyclic amines) is 1. The Hall–Kier alpha value is -2.37. The van der Waals surface area contributed by atoms with Gasteiger partial charge in [-0.3, -0.25) is 0 Å². The fourth-order valence-corrected chi connectivity index (χ4v) is 5.32. The number of phenols is 1. The van der Waals surface area contributed by atoms with Gasteiger partial charge in [0.1, 0.15) is 11.6 Å². The van der Waals surface area contributed by atoms with Crippen molar-refractivity contribution >= 4 is 10.9 Å². The number of likely N-dealkylation sites (N-methyl/N-ethyl adjacent to an activating group) is 1. The van der Waals surface area contributed by atoms with E-state index >= 15 is 0 Å². The predicted octanol–water partition coefficient (Wildman–Crippen LogP) is 3.12. The van der Waals surface area contributed by atoms with E-state index in [2.05, 4.69) is 9.88 Å². The van der Waals surface area contributed by atoms with Crippen molar-refractivity contribution in [3.63, 3.8) is 0 Å². The normalized spacial score (nSPS) is 28.1. The number of halogens is 1. The summed E-state index contributed by atoms with van der Waals surface area (Å²) >= 11 is 0. The number of aromatic hydroxyl groups is 1. The largest absolute Gasteiger partial charge is 0.508 e. The van der Waals surface area contributed by atoms with E-state index in [0.29, 0.717) is 19.4 Å². The molecule has 4 nitrogen and oxygen atoms in total. The summed E-state index contributed by atoms with van der Waals surface area (Å²) in [4.78, 5) is 5.57. The zero-order valence-corrected chi connectivity index (χ0v) is 15.3. The highest BCUT2D eigenvalue weighted by Crippen LogP contribution is 2.51. The van der Waals surface area contributed by atoms with Crippen molar-refractivity contribution in [2.24, 2.45) is 0 Å². The van der Waals surface area contributed by atoms with Crippen LogP contribution < -0.4 is 0 Å². The summed E-state index contributed by atoms with van der Waals surface area (Å²) in [7, 11) is 2.03. The smallest absolute Gasteiger partial charge is 0.125 e. The van der Waals surface area contributed by atoms with Gasteiger partial charge in [0, 0.05) is 41.4 Å². The highest BCUT2D eigenvalue weighted by molar-refractivity contribution is 5.85. The van der Waals surface area contributed by atoms with E-state index in [1.54, 1.807) is 18.2 Å². The van der Waals surface area contributed by atoms with Gasteiger partial charge in [0.15, 0.2) is 0 Å². The van der Waals surface area contributed by atoms with E-state index in [4.69, 9.17) is 0 Å². The number of aromatic amines is 1. The third-order valence-electron chi connectivity index (χ3n) is 6.65. The number of phenolic OH excluding ortho intramolecular Hbond substituents is 1. The van der Waals surface area contributed by atoms with E-state index in [1.807, 2.05) is 19.2 Å². The van der Waals surface area contributed by atoms with E-state index in [9.17, 15) is 14.6 Å². The molecule has 1 saturated heterocycles. The molecule has 2 atom stereocenters. The maximum Gasteiger partial charge on any atom is 0.125 e. The summed E-state index contributed by atoms with van der Waals surface area (Å²) in [6.45, 7) is 1.44. The molecule has 2 aliphatic rings. The van der Waals surface area contributed by atoms with E-state index in [0.717, 1.165) is 40.7 Å². The Bertz CT molecular complexity index is 1050. The lowest BCUT2D eigenvalue weighted by Gasteiger charge is -2.55. The van der Waals surface area contributed by atoms with Gasteiger partial charge in [0.05, 0.1) is 5.60 Å². The summed E-state index contributed by atoms with van der Waals surface area (Å²) in [5, 5.41) is 23.0. The molecule has 1 aliphatic carbocycles. The van der Waals surface area contributed by atoms with Gasteiger partial charge in [-0.2, -0.15) is 0 Å². The average molecular weight is 366 g/mol. The second kappa shape index (κ2) is 5.57. The summed E-state index contributed by atoms with van der Waals surface area (Å²) in [6, 6.07) is 12.1. The molecular weight excluding hydrogens is 343 g/mol. The molecule has 5 heteroatoms. The number of benzene rings is 2. The van der Waals surface area contributed by atoms with Crippen LogP contribution in [0.1, 0.15) is 23.2 Å². The van der Waals surface area contributed by atoms with Crippen molar-refractivity contribution in [2.45, 2.75) is 30.3 Å². The first-order valence-corrected chi connectivity index (χ1v) is 9.40. The average Bonchev–Trinajstić information content (AvgIpc) is 2.94. The Morgan fingerprint density at radius 3 is 2.81 bits per heavy atom. The van der Waals surface area contributed by atoms with Crippen LogP contribution in [0.4, 0.5) is 4.39 Å². The molecule has 27 heavy (non-hydrogen) atoms. The Balaban J connectivity index is 1.73. The first-order valence-electron chi connectivity index (χ1n) is 9.40. The highest BCUT2D eigenvalue weighted by Gasteiger charge is 2.57. The van der Waals surface area contributed by atoms with Crippen LogP contribution >= 0.6 is 0 Å². The van der Waals surface area contributed by atoms with Gasteiger partial charge in [-0.05, 0) is 61.5 Å². The fourth-order valence-electron chi connectivity index (χ4n) is 5.32. The molecule has 140 valence electrons. The van der Waals surface area contributed by atoms with Crippen molar-refractivity contribution < 1.29 is 14.6 Å². The van der Waals surface area contributed by atoms with Crippen molar-refractivity contribution in [2.75, 3.05) is 20.1 Å². The van der Waals surface area contributed by atoms with Gasteiger partial charge in [-0.25, -0.2) is 4.39 Å². The maximum atomic E-state index is 13.7. The number of aromatic nitrogens is 1. The number of nitrogens with one attached hydrogen (secondary N) is 1. The summed E-state index contributed by atoms with van der Waals surface area (Å²) < 4.78 is 13.7. The number of fused-ring (bicyclic) bond motifs is 4. The zero-order valence-electron chi connectivity index (χ0n) is 15.3. The van der Waals surface area contributed by atoms with E-state index < -0.39 is 11.0 Å². The van der Waals surface area contributed by atoms with Gasteiger partial charge in [0.25, 0.3) is 0 Å². The van der Waals surface area contributed by atoms with Crippen LogP contribution in [0.15, 0.2) is 42.5 Å². The molecular formula is C22H23FN2O2. The number of nitrogens with zero attached hydrogens (tertiary/aromatic N) is 1. The molecule has 0 bridgehead atoms. The molecule has 2 unspecified atom stereocenters. The van der Waals surface area contributed by atoms with Crippen LogP contribution in [0.2, 0.25) is 0 Å². The van der Waals surface area contributed by atoms with Gasteiger partial charge >= 0.3 is 0 Å². The maximum absolute atomic E-state index is 13.7. The summed E-state index contributed by atoms with van der Waals surface area (Å²) in [6.07, 6.45) is 1.95. The number of aliphatic hydroxyl groups is 1. The first-order chi connectivity index (χ1) is 12.9. The third kappa shape index (κ3) is 2.35. The molecule has 0 spiro atoms. The minimum absolute atomic E-state index is 0.215. The van der Waals surface area contributed by atoms with Crippen LogP contribution in [0.3, 0.4) is 0 Å². The lowest BCUT2D eigenvalue weighted by atomic mass is 9.56. The second-order valence-corrected chi connectivity index (χ2v) is 8.28. The standard InChI is InChI=1S/C22H23FN2O2/c1-25-8-7-21(14-3-2-4-16(26)9-14)12-20-18(11-22(21,27)13-25)17-6-5-15(23)10-19(17)24-20/h2-6,9-10,24,26-27H,7-8,11-13H2,1H3. The van der Waals surface area contributed by atoms with Gasteiger partial charge in [0.2, 0.25) is 0 Å². The quantitative estimate of drug-likeness (QED) is 0.620. The van der Waals surface area contributed by atoms with Crippen molar-refractivity contribution in [3.05, 3.63) is 65.1 Å². The molecule has 3 aromatic rings. The number of β-amino-alcohol motifs (C(OH)–C–C–N with tert-alkyl or cyclic N) is 1. The molecule has 2 heterocycles. The Morgan fingerprint density at radius 1 is 1.15 bits per heavy atom. The minimum Gasteiger partial charge on any atom is -0.508 e. The monoisotopic (exact) mass is 366 g/mol. The molecule has 1 aliphatic heterocycles. The van der Waals surface area contributed by atoms with Gasteiger partial charge < -0.3 is 20.1 Å². The molecule has 5 rings (SSSR count). The van der Waals surface area contributed by atoms with E-state index in [1.165, 1.54) is 12.1 Å². The molecule has 2 aromatic carbocycles. The predicted molar refractivity (Wildman–Crippen MR) is 103 cm³/mol. The van der Waals surface area contributed by atoms with Gasteiger partial charge in [-0.15, -0.1) is 0 Å². The van der Waals surface area contributed by atoms with Crippen LogP contribution in [0.5, 0.6) is 5.75 Å². The molecule has 3 N–H and O–H groups in total. The van der Waals surface area contributed by atoms with Crippen molar-refractivity contribution in [3.8, 4) is 5.75 Å². The summed E-state index contributed by atoms with van der Waals surface area (Å²) in [5.41, 5.74) is 2.46. The number of H-pyrrole nitrogens is 1. The van der Waals surface area contributed by atoms with Crippen LogP contribution in [0, 0.1) is 5.82 Å². The topological polar surface area (TPSA) is 59.5 Å². The Kier molecular flexibility index (Phi) is 3.46. The molecule has 0 amide bonds. The number of rotatable bonds is 1. The third-order valence-corrected chi connectivity index (χ3v) is 6.65. The molecule has 0 saturated carbocycles. The van der Waals surface area contributed by atoms with Crippen LogP contribution in [0.25, 0.3) is 10.9 Å². The number of hydrogen-bond acceptors (Lipinski definition) is 3. The molecule has 1 aromatic heterocycles. The highest BCUT2D eigenvalue weighted by atomic mass is 19.1. The lowest BCUT2D eigenvalue weighted by Crippen LogP contribution is -2.65. The number of piperidine rings is 1. The fraction of sp³-hybridized carbons (Fsp3) is 0.364. The SMILES string of the molecule is CN1CCC2(c3cccc(O)c3)Cc3[nH]c4cc(F)ccc4c3CC2(O)C1. The van der Waals surface area contributed by atoms with Crippen LogP contribution in [-0.4, -0.2) is 45.8 Å². The van der Waals surface area contributed by atoms with Crippen molar-refractivity contribution in [1.82, 2.24) is 9.88 Å². The van der Waals surface area contributed by atoms with E-state index in [-0.39, 0.29) is 11.6 Å². The lowest BCUT2D eigenvalue weighted by molar-refractivity contribution is -0.0972. The minimum atomic E-state index is -0.954. The number of hydrogen-bond donors (Lipinski definition) is 3. The molecule has 1 fully saturated rings. The second-order valence-electron chi connectivity index (χ2n) is 8.28. The van der Waals surface area contributed by atoms with Gasteiger partial charge in [-0.1, -0.05) is 12.1 Å². The summed E-state index contributed by atoms with van der Waals surface area (Å²) in [5.74, 6) is -0.0488. The first kappa shape index (κ1) is 16.8. The Labute approximate surface area is 157 Å². The van der Waals surface area contributed by atoms with Crippen LogP contribution in [-0.2, 0) is 18.3 Å².